The van der Waals surface area contributed by atoms with Crippen molar-refractivity contribution >= 4 is 17.3 Å². The van der Waals surface area contributed by atoms with Gasteiger partial charge in [0.2, 0.25) is 0 Å². The monoisotopic (exact) mass is 369 g/mol. The zero-order chi connectivity index (χ0) is 19.4. The summed E-state index contributed by atoms with van der Waals surface area (Å²) in [4.78, 5) is 27.0. The van der Waals surface area contributed by atoms with E-state index in [2.05, 4.69) is 4.90 Å². The molecule has 2 aromatic carbocycles. The van der Waals surface area contributed by atoms with Crippen LogP contribution in [0.3, 0.4) is 0 Å². The first-order valence-corrected chi connectivity index (χ1v) is 8.96. The van der Waals surface area contributed by atoms with Gasteiger partial charge in [0.15, 0.2) is 6.10 Å². The quantitative estimate of drug-likeness (QED) is 0.598. The van der Waals surface area contributed by atoms with Crippen molar-refractivity contribution < 1.29 is 14.5 Å². The van der Waals surface area contributed by atoms with Crippen LogP contribution in [-0.4, -0.2) is 48.0 Å². The van der Waals surface area contributed by atoms with Crippen molar-refractivity contribution in [3.8, 4) is 5.75 Å². The van der Waals surface area contributed by atoms with E-state index >= 15 is 0 Å². The summed E-state index contributed by atoms with van der Waals surface area (Å²) in [5, 5.41) is 10.8. The number of carbonyl (C=O) groups is 1. The molecule has 7 nitrogen and oxygen atoms in total. The second kappa shape index (κ2) is 8.07. The van der Waals surface area contributed by atoms with E-state index in [0.717, 1.165) is 17.0 Å². The maximum Gasteiger partial charge on any atom is 0.269 e. The Bertz CT molecular complexity index is 814. The summed E-state index contributed by atoms with van der Waals surface area (Å²) in [6.07, 6.45) is -0.544. The van der Waals surface area contributed by atoms with Crippen LogP contribution in [0, 0.1) is 17.0 Å². The molecule has 1 fully saturated rings. The molecule has 0 saturated carbocycles. The number of aryl methyl sites for hydroxylation is 1. The first-order chi connectivity index (χ1) is 13.0. The molecule has 3 rings (SSSR count). The highest BCUT2D eigenvalue weighted by atomic mass is 16.6. The van der Waals surface area contributed by atoms with Gasteiger partial charge in [-0.3, -0.25) is 14.9 Å². The molecule has 0 radical (unpaired) electrons. The maximum atomic E-state index is 12.7. The van der Waals surface area contributed by atoms with Gasteiger partial charge in [-0.15, -0.1) is 0 Å². The predicted octanol–water partition coefficient (Wildman–Crippen LogP) is 3.02. The van der Waals surface area contributed by atoms with Crippen LogP contribution in [0.25, 0.3) is 0 Å². The number of nitro groups is 1. The topological polar surface area (TPSA) is 75.9 Å². The normalized spacial score (nSPS) is 15.3. The molecule has 1 aliphatic rings. The van der Waals surface area contributed by atoms with Crippen molar-refractivity contribution in [3.05, 3.63) is 64.2 Å². The van der Waals surface area contributed by atoms with Gasteiger partial charge in [-0.1, -0.05) is 18.2 Å². The van der Waals surface area contributed by atoms with Gasteiger partial charge in [0.1, 0.15) is 5.75 Å². The molecule has 7 heteroatoms. The molecule has 2 aromatic rings. The van der Waals surface area contributed by atoms with Crippen molar-refractivity contribution in [2.45, 2.75) is 20.0 Å². The lowest BCUT2D eigenvalue weighted by molar-refractivity contribution is -0.384. The number of nitro benzene ring substituents is 1. The van der Waals surface area contributed by atoms with E-state index in [0.29, 0.717) is 26.2 Å². The number of piperazine rings is 1. The molecule has 142 valence electrons. The Morgan fingerprint density at radius 2 is 1.70 bits per heavy atom. The van der Waals surface area contributed by atoms with Gasteiger partial charge in [-0.2, -0.15) is 0 Å². The average molecular weight is 369 g/mol. The summed E-state index contributed by atoms with van der Waals surface area (Å²) in [5.74, 6) is 0.699. The summed E-state index contributed by atoms with van der Waals surface area (Å²) in [5.41, 5.74) is 2.01. The molecule has 1 saturated heterocycles. The van der Waals surface area contributed by atoms with Crippen LogP contribution in [0.4, 0.5) is 11.4 Å². The fourth-order valence-electron chi connectivity index (χ4n) is 3.16. The average Bonchev–Trinajstić information content (AvgIpc) is 2.69. The number of benzene rings is 2. The summed E-state index contributed by atoms with van der Waals surface area (Å²) in [6.45, 7) is 6.28. The van der Waals surface area contributed by atoms with E-state index < -0.39 is 11.0 Å². The molecule has 1 amide bonds. The van der Waals surface area contributed by atoms with Crippen molar-refractivity contribution in [1.29, 1.82) is 0 Å². The van der Waals surface area contributed by atoms with Crippen LogP contribution in [0.1, 0.15) is 12.5 Å². The lowest BCUT2D eigenvalue weighted by Gasteiger charge is -2.37. The van der Waals surface area contributed by atoms with Crippen molar-refractivity contribution in [1.82, 2.24) is 4.90 Å². The smallest absolute Gasteiger partial charge is 0.269 e. The molecule has 0 aliphatic carbocycles. The molecule has 0 N–H and O–H groups in total. The van der Waals surface area contributed by atoms with E-state index in [-0.39, 0.29) is 11.6 Å². The zero-order valence-electron chi connectivity index (χ0n) is 15.5. The molecule has 1 heterocycles. The number of amides is 1. The minimum absolute atomic E-state index is 0.0263. The van der Waals surface area contributed by atoms with Crippen LogP contribution >= 0.6 is 0 Å². The van der Waals surface area contributed by atoms with Crippen LogP contribution in [0.5, 0.6) is 5.75 Å². The van der Waals surface area contributed by atoms with Gasteiger partial charge in [-0.25, -0.2) is 0 Å². The second-order valence-electron chi connectivity index (χ2n) is 6.61. The number of hydrogen-bond acceptors (Lipinski definition) is 5. The maximum absolute atomic E-state index is 12.7. The van der Waals surface area contributed by atoms with E-state index in [1.165, 1.54) is 12.1 Å². The highest BCUT2D eigenvalue weighted by molar-refractivity contribution is 5.81. The first-order valence-electron chi connectivity index (χ1n) is 8.96. The number of hydrogen-bond donors (Lipinski definition) is 0. The molecule has 1 aliphatic heterocycles. The third kappa shape index (κ3) is 4.36. The lowest BCUT2D eigenvalue weighted by atomic mass is 10.2. The van der Waals surface area contributed by atoms with Gasteiger partial charge in [0.25, 0.3) is 11.6 Å². The van der Waals surface area contributed by atoms with Crippen LogP contribution in [0.15, 0.2) is 48.5 Å². The Morgan fingerprint density at radius 3 is 2.30 bits per heavy atom. The van der Waals surface area contributed by atoms with Gasteiger partial charge in [-0.05, 0) is 37.6 Å². The predicted molar refractivity (Wildman–Crippen MR) is 103 cm³/mol. The van der Waals surface area contributed by atoms with Crippen molar-refractivity contribution in [2.75, 3.05) is 31.1 Å². The van der Waals surface area contributed by atoms with E-state index in [9.17, 15) is 14.9 Å². The number of ether oxygens (including phenoxy) is 1. The standard InChI is InChI=1S/C20H23N3O4/c1-15-5-3-4-6-19(15)27-16(2)20(24)22-13-11-21(12-14-22)17-7-9-18(10-8-17)23(25)26/h3-10,16H,11-14H2,1-2H3/t16-/m0/s1. The summed E-state index contributed by atoms with van der Waals surface area (Å²) >= 11 is 0. The molecule has 0 unspecified atom stereocenters. The Morgan fingerprint density at radius 1 is 1.07 bits per heavy atom. The molecule has 27 heavy (non-hydrogen) atoms. The summed E-state index contributed by atoms with van der Waals surface area (Å²) in [7, 11) is 0. The highest BCUT2D eigenvalue weighted by Gasteiger charge is 2.26. The molecular formula is C20H23N3O4. The molecule has 1 atom stereocenters. The molecule has 0 spiro atoms. The Hall–Kier alpha value is -3.09. The van der Waals surface area contributed by atoms with Crippen LogP contribution < -0.4 is 9.64 Å². The largest absolute Gasteiger partial charge is 0.481 e. The minimum Gasteiger partial charge on any atom is -0.481 e. The van der Waals surface area contributed by atoms with Gasteiger partial charge in [0.05, 0.1) is 4.92 Å². The minimum atomic E-state index is -0.544. The molecular weight excluding hydrogens is 346 g/mol. The second-order valence-corrected chi connectivity index (χ2v) is 6.61. The van der Waals surface area contributed by atoms with Gasteiger partial charge in [0, 0.05) is 44.0 Å². The number of non-ortho nitro benzene ring substituents is 1. The zero-order valence-corrected chi connectivity index (χ0v) is 15.5. The number of nitrogens with zero attached hydrogens (tertiary/aromatic N) is 3. The SMILES string of the molecule is Cc1ccccc1O[C@@H](C)C(=O)N1CCN(c2ccc([N+](=O)[O-])cc2)CC1. The first kappa shape index (κ1) is 18.7. The fraction of sp³-hybridized carbons (Fsp3) is 0.350. The van der Waals surface area contributed by atoms with Crippen LogP contribution in [0.2, 0.25) is 0 Å². The number of anilines is 1. The Labute approximate surface area is 158 Å². The van der Waals surface area contributed by atoms with Crippen molar-refractivity contribution in [2.24, 2.45) is 0 Å². The van der Waals surface area contributed by atoms with E-state index in [4.69, 9.17) is 4.74 Å². The molecule has 0 bridgehead atoms. The number of carbonyl (C=O) groups excluding carboxylic acids is 1. The lowest BCUT2D eigenvalue weighted by Crippen LogP contribution is -2.52. The van der Waals surface area contributed by atoms with Gasteiger partial charge < -0.3 is 14.5 Å². The highest BCUT2D eigenvalue weighted by Crippen LogP contribution is 2.22. The third-order valence-electron chi connectivity index (χ3n) is 4.76. The Balaban J connectivity index is 1.55. The number of para-hydroxylation sites is 1. The summed E-state index contributed by atoms with van der Waals surface area (Å²) < 4.78 is 5.84. The Kier molecular flexibility index (Phi) is 5.59. The van der Waals surface area contributed by atoms with E-state index in [1.807, 2.05) is 36.1 Å². The third-order valence-corrected chi connectivity index (χ3v) is 4.76. The molecule has 0 aromatic heterocycles. The number of rotatable bonds is 5. The summed E-state index contributed by atoms with van der Waals surface area (Å²) in [6, 6.07) is 14.2. The fourth-order valence-corrected chi connectivity index (χ4v) is 3.16. The van der Waals surface area contributed by atoms with E-state index in [1.54, 1.807) is 19.1 Å². The van der Waals surface area contributed by atoms with Crippen LogP contribution in [-0.2, 0) is 4.79 Å². The van der Waals surface area contributed by atoms with Crippen molar-refractivity contribution in [3.63, 3.8) is 0 Å². The van der Waals surface area contributed by atoms with Gasteiger partial charge >= 0.3 is 0 Å².